The number of hydrogen-bond donors (Lipinski definition) is 1. The Labute approximate surface area is 146 Å². The minimum atomic E-state index is -0.413. The van der Waals surface area contributed by atoms with Crippen LogP contribution in [0.15, 0.2) is 39.5 Å². The fraction of sp³-hybridized carbons (Fsp3) is 0.412. The molecule has 1 aliphatic rings. The summed E-state index contributed by atoms with van der Waals surface area (Å²) in [6.07, 6.45) is 0.913. The van der Waals surface area contributed by atoms with Crippen molar-refractivity contribution in [3.05, 3.63) is 40.8 Å². The van der Waals surface area contributed by atoms with E-state index in [0.717, 1.165) is 11.8 Å². The smallest absolute Gasteiger partial charge is 0.336 e. The molecule has 1 aromatic heterocycles. The maximum absolute atomic E-state index is 12.2. The summed E-state index contributed by atoms with van der Waals surface area (Å²) in [5, 5.41) is 0.807. The number of halogens is 1. The number of rotatable bonds is 4. The first-order valence-corrected chi connectivity index (χ1v) is 7.64. The van der Waals surface area contributed by atoms with Gasteiger partial charge in [0.2, 0.25) is 0 Å². The van der Waals surface area contributed by atoms with Crippen LogP contribution in [0, 0.1) is 5.41 Å². The highest BCUT2D eigenvalue weighted by atomic mass is 35.5. The lowest BCUT2D eigenvalue weighted by Crippen LogP contribution is -2.36. The predicted molar refractivity (Wildman–Crippen MR) is 93.6 cm³/mol. The molecule has 1 saturated heterocycles. The SMILES string of the molecule is CC1(CN)CCN(C(=O)COc2ccc3ccc(=O)oc3c2)C1.Cl. The number of ether oxygens (including phenoxy) is 1. The maximum atomic E-state index is 12.2. The van der Waals surface area contributed by atoms with Crippen molar-refractivity contribution < 1.29 is 13.9 Å². The van der Waals surface area contributed by atoms with Crippen LogP contribution < -0.4 is 16.1 Å². The molecule has 24 heavy (non-hydrogen) atoms. The van der Waals surface area contributed by atoms with E-state index >= 15 is 0 Å². The van der Waals surface area contributed by atoms with Crippen LogP contribution in [0.2, 0.25) is 0 Å². The zero-order valence-corrected chi connectivity index (χ0v) is 14.3. The highest BCUT2D eigenvalue weighted by molar-refractivity contribution is 5.85. The van der Waals surface area contributed by atoms with Gasteiger partial charge in [0.15, 0.2) is 6.61 Å². The molecule has 6 nitrogen and oxygen atoms in total. The normalized spacial score (nSPS) is 20.0. The van der Waals surface area contributed by atoms with Gasteiger partial charge in [0.25, 0.3) is 5.91 Å². The molecule has 1 aromatic carbocycles. The standard InChI is InChI=1S/C17H20N2O4.ClH/c1-17(10-18)6-7-19(11-17)15(20)9-22-13-4-2-12-3-5-16(21)23-14(12)8-13;/h2-5,8H,6-7,9-11,18H2,1H3;1H. The van der Waals surface area contributed by atoms with Crippen molar-refractivity contribution >= 4 is 29.3 Å². The number of carbonyl (C=O) groups is 1. The fourth-order valence-corrected chi connectivity index (χ4v) is 2.77. The Morgan fingerprint density at radius 3 is 2.83 bits per heavy atom. The Morgan fingerprint density at radius 1 is 1.38 bits per heavy atom. The van der Waals surface area contributed by atoms with E-state index in [1.807, 2.05) is 0 Å². The average molecular weight is 353 g/mol. The van der Waals surface area contributed by atoms with Crippen LogP contribution in [0.3, 0.4) is 0 Å². The van der Waals surface area contributed by atoms with E-state index in [9.17, 15) is 9.59 Å². The number of likely N-dealkylation sites (tertiary alicyclic amines) is 1. The quantitative estimate of drug-likeness (QED) is 0.848. The molecular formula is C17H21ClN2O4. The van der Waals surface area contributed by atoms with Crippen LogP contribution in [-0.2, 0) is 4.79 Å². The van der Waals surface area contributed by atoms with E-state index in [1.54, 1.807) is 29.2 Å². The van der Waals surface area contributed by atoms with Crippen LogP contribution in [-0.4, -0.2) is 37.0 Å². The lowest BCUT2D eigenvalue weighted by molar-refractivity contribution is -0.132. The number of amides is 1. The molecule has 1 amide bonds. The average Bonchev–Trinajstić information content (AvgIpc) is 2.95. The van der Waals surface area contributed by atoms with Gasteiger partial charge in [-0.2, -0.15) is 0 Å². The van der Waals surface area contributed by atoms with Crippen molar-refractivity contribution in [3.63, 3.8) is 0 Å². The molecule has 0 spiro atoms. The van der Waals surface area contributed by atoms with E-state index in [4.69, 9.17) is 14.9 Å². The van der Waals surface area contributed by atoms with Crippen molar-refractivity contribution in [2.75, 3.05) is 26.2 Å². The van der Waals surface area contributed by atoms with E-state index in [-0.39, 0.29) is 30.3 Å². The Kier molecular flexibility index (Phi) is 5.51. The predicted octanol–water partition coefficient (Wildman–Crippen LogP) is 1.79. The highest BCUT2D eigenvalue weighted by Gasteiger charge is 2.34. The van der Waals surface area contributed by atoms with Gasteiger partial charge in [-0.1, -0.05) is 6.92 Å². The summed E-state index contributed by atoms with van der Waals surface area (Å²) >= 11 is 0. The number of nitrogens with zero attached hydrogens (tertiary/aromatic N) is 1. The summed E-state index contributed by atoms with van der Waals surface area (Å²) in [7, 11) is 0. The van der Waals surface area contributed by atoms with E-state index < -0.39 is 5.63 Å². The number of nitrogens with two attached hydrogens (primary N) is 1. The van der Waals surface area contributed by atoms with Crippen molar-refractivity contribution in [1.82, 2.24) is 4.90 Å². The zero-order chi connectivity index (χ0) is 16.4. The summed E-state index contributed by atoms with van der Waals surface area (Å²) in [4.78, 5) is 25.3. The third-order valence-corrected chi connectivity index (χ3v) is 4.36. The summed E-state index contributed by atoms with van der Waals surface area (Å²) in [6, 6.07) is 8.23. The van der Waals surface area contributed by atoms with E-state index in [2.05, 4.69) is 6.92 Å². The van der Waals surface area contributed by atoms with Crippen LogP contribution in [0.25, 0.3) is 11.0 Å². The third kappa shape index (κ3) is 3.88. The second-order valence-electron chi connectivity index (χ2n) is 6.32. The Hall–Kier alpha value is -2.05. The summed E-state index contributed by atoms with van der Waals surface area (Å²) in [5.41, 5.74) is 5.79. The van der Waals surface area contributed by atoms with Crippen molar-refractivity contribution in [1.29, 1.82) is 0 Å². The second-order valence-corrected chi connectivity index (χ2v) is 6.32. The lowest BCUT2D eigenvalue weighted by Gasteiger charge is -2.22. The van der Waals surface area contributed by atoms with Crippen LogP contribution in [0.5, 0.6) is 5.75 Å². The van der Waals surface area contributed by atoms with Crippen molar-refractivity contribution in [3.8, 4) is 5.75 Å². The van der Waals surface area contributed by atoms with Gasteiger partial charge in [0, 0.05) is 30.6 Å². The molecule has 1 unspecified atom stereocenters. The maximum Gasteiger partial charge on any atom is 0.336 e. The van der Waals surface area contributed by atoms with Crippen molar-refractivity contribution in [2.45, 2.75) is 13.3 Å². The minimum Gasteiger partial charge on any atom is -0.484 e. The van der Waals surface area contributed by atoms with Gasteiger partial charge in [0.05, 0.1) is 0 Å². The number of benzene rings is 1. The molecule has 1 atom stereocenters. The topological polar surface area (TPSA) is 85.8 Å². The van der Waals surface area contributed by atoms with Crippen LogP contribution >= 0.6 is 12.4 Å². The first kappa shape index (κ1) is 18.3. The summed E-state index contributed by atoms with van der Waals surface area (Å²) in [6.45, 7) is 4.00. The fourth-order valence-electron chi connectivity index (χ4n) is 2.77. The second kappa shape index (κ2) is 7.23. The zero-order valence-electron chi connectivity index (χ0n) is 13.5. The molecule has 0 radical (unpaired) electrons. The number of hydrogen-bond acceptors (Lipinski definition) is 5. The number of carbonyl (C=O) groups excluding carboxylic acids is 1. The summed E-state index contributed by atoms with van der Waals surface area (Å²) in [5.74, 6) is 0.442. The van der Waals surface area contributed by atoms with Crippen LogP contribution in [0.4, 0.5) is 0 Å². The molecule has 1 fully saturated rings. The minimum absolute atomic E-state index is 0. The molecule has 0 saturated carbocycles. The molecule has 2 heterocycles. The molecule has 3 rings (SSSR count). The van der Waals surface area contributed by atoms with Gasteiger partial charge < -0.3 is 19.8 Å². The Balaban J connectivity index is 0.00000208. The van der Waals surface area contributed by atoms with Gasteiger partial charge in [0.1, 0.15) is 11.3 Å². The third-order valence-electron chi connectivity index (χ3n) is 4.36. The highest BCUT2D eigenvalue weighted by Crippen LogP contribution is 2.28. The van der Waals surface area contributed by atoms with Crippen LogP contribution in [0.1, 0.15) is 13.3 Å². The Bertz CT molecular complexity index is 791. The van der Waals surface area contributed by atoms with Crippen molar-refractivity contribution in [2.24, 2.45) is 11.1 Å². The molecule has 0 bridgehead atoms. The molecule has 2 aromatic rings. The summed E-state index contributed by atoms with van der Waals surface area (Å²) < 4.78 is 10.7. The molecular weight excluding hydrogens is 332 g/mol. The van der Waals surface area contributed by atoms with E-state index in [0.29, 0.717) is 31.0 Å². The lowest BCUT2D eigenvalue weighted by atomic mass is 9.90. The first-order chi connectivity index (χ1) is 11.0. The van der Waals surface area contributed by atoms with Gasteiger partial charge in [-0.05, 0) is 36.6 Å². The number of fused-ring (bicyclic) bond motifs is 1. The molecule has 7 heteroatoms. The first-order valence-electron chi connectivity index (χ1n) is 7.64. The molecule has 2 N–H and O–H groups in total. The van der Waals surface area contributed by atoms with Gasteiger partial charge in [-0.25, -0.2) is 4.79 Å². The molecule has 1 aliphatic heterocycles. The van der Waals surface area contributed by atoms with Gasteiger partial charge in [-0.3, -0.25) is 4.79 Å². The van der Waals surface area contributed by atoms with Gasteiger partial charge >= 0.3 is 5.63 Å². The Morgan fingerprint density at radius 2 is 2.12 bits per heavy atom. The van der Waals surface area contributed by atoms with Gasteiger partial charge in [-0.15, -0.1) is 12.4 Å². The van der Waals surface area contributed by atoms with E-state index in [1.165, 1.54) is 6.07 Å². The molecule has 0 aliphatic carbocycles. The largest absolute Gasteiger partial charge is 0.484 e. The monoisotopic (exact) mass is 352 g/mol. The molecule has 130 valence electrons.